The van der Waals surface area contributed by atoms with Crippen LogP contribution in [0.3, 0.4) is 0 Å². The molecule has 1 saturated carbocycles. The molecule has 6 rings (SSSR count). The molecular formula is C34H41ClN6O4. The van der Waals surface area contributed by atoms with Crippen molar-refractivity contribution in [2.45, 2.75) is 71.2 Å². The minimum absolute atomic E-state index is 0.0558. The summed E-state index contributed by atoms with van der Waals surface area (Å²) in [6.07, 6.45) is 3.26. The Labute approximate surface area is 269 Å². The molecule has 1 atom stereocenters. The van der Waals surface area contributed by atoms with E-state index in [0.29, 0.717) is 53.3 Å². The van der Waals surface area contributed by atoms with Gasteiger partial charge in [-0.05, 0) is 71.2 Å². The number of rotatable bonds is 9. The van der Waals surface area contributed by atoms with Crippen molar-refractivity contribution in [3.05, 3.63) is 65.4 Å². The molecule has 10 nitrogen and oxygen atoms in total. The van der Waals surface area contributed by atoms with Crippen LogP contribution in [0.25, 0.3) is 22.6 Å². The first-order valence-electron chi connectivity index (χ1n) is 15.6. The van der Waals surface area contributed by atoms with E-state index >= 15 is 0 Å². The van der Waals surface area contributed by atoms with Crippen molar-refractivity contribution in [3.8, 4) is 23.0 Å². The molecule has 1 amide bonds. The van der Waals surface area contributed by atoms with Gasteiger partial charge in [-0.2, -0.15) is 4.98 Å². The third-order valence-electron chi connectivity index (χ3n) is 8.18. The van der Waals surface area contributed by atoms with E-state index in [4.69, 9.17) is 30.8 Å². The van der Waals surface area contributed by atoms with E-state index in [-0.39, 0.29) is 17.7 Å². The van der Waals surface area contributed by atoms with Gasteiger partial charge in [0.2, 0.25) is 5.88 Å². The van der Waals surface area contributed by atoms with Crippen LogP contribution in [0.15, 0.2) is 54.9 Å². The highest BCUT2D eigenvalue weighted by Crippen LogP contribution is 2.41. The van der Waals surface area contributed by atoms with Gasteiger partial charge < -0.3 is 23.7 Å². The van der Waals surface area contributed by atoms with Gasteiger partial charge in [-0.25, -0.2) is 14.8 Å². The van der Waals surface area contributed by atoms with Crippen LogP contribution in [0.5, 0.6) is 11.6 Å². The molecule has 0 spiro atoms. The average Bonchev–Trinajstić information content (AvgIpc) is 3.60. The lowest BCUT2D eigenvalue weighted by Crippen LogP contribution is -2.55. The van der Waals surface area contributed by atoms with Crippen molar-refractivity contribution in [2.24, 2.45) is 0 Å². The summed E-state index contributed by atoms with van der Waals surface area (Å²) >= 11 is 6.90. The number of hydrogen-bond acceptors (Lipinski definition) is 8. The highest BCUT2D eigenvalue weighted by atomic mass is 35.5. The third-order valence-corrected chi connectivity index (χ3v) is 8.49. The maximum absolute atomic E-state index is 12.6. The van der Waals surface area contributed by atoms with E-state index in [1.807, 2.05) is 64.1 Å². The molecule has 0 radical (unpaired) electrons. The second-order valence-corrected chi connectivity index (χ2v) is 13.6. The Kier molecular flexibility index (Phi) is 8.63. The number of aromatic nitrogens is 4. The van der Waals surface area contributed by atoms with E-state index in [2.05, 4.69) is 38.5 Å². The van der Waals surface area contributed by atoms with Crippen molar-refractivity contribution in [2.75, 3.05) is 32.8 Å². The van der Waals surface area contributed by atoms with E-state index in [9.17, 15) is 4.79 Å². The third kappa shape index (κ3) is 7.34. The zero-order valence-electron chi connectivity index (χ0n) is 26.6. The van der Waals surface area contributed by atoms with Crippen LogP contribution in [0.2, 0.25) is 5.02 Å². The second kappa shape index (κ2) is 12.5. The Bertz CT molecular complexity index is 1670. The first-order chi connectivity index (χ1) is 21.5. The molecule has 1 aliphatic carbocycles. The Morgan fingerprint density at radius 3 is 2.56 bits per heavy atom. The lowest BCUT2D eigenvalue weighted by molar-refractivity contribution is 0.000355. The Morgan fingerprint density at radius 2 is 1.87 bits per heavy atom. The summed E-state index contributed by atoms with van der Waals surface area (Å²) in [5, 5.41) is 0.529. The first kappa shape index (κ1) is 31.1. The molecule has 4 aromatic rings. The van der Waals surface area contributed by atoms with Crippen molar-refractivity contribution in [1.29, 1.82) is 0 Å². The van der Waals surface area contributed by atoms with Crippen LogP contribution in [0.4, 0.5) is 4.79 Å². The van der Waals surface area contributed by atoms with Gasteiger partial charge in [-0.1, -0.05) is 41.9 Å². The molecule has 0 N–H and O–H groups in total. The lowest BCUT2D eigenvalue weighted by atomic mass is 10.2. The smallest absolute Gasteiger partial charge is 0.410 e. The minimum atomic E-state index is -0.507. The molecule has 11 heteroatoms. The molecule has 45 heavy (non-hydrogen) atoms. The van der Waals surface area contributed by atoms with E-state index in [0.717, 1.165) is 43.6 Å². The van der Waals surface area contributed by atoms with Crippen LogP contribution < -0.4 is 9.47 Å². The summed E-state index contributed by atoms with van der Waals surface area (Å²) in [5.41, 5.74) is 2.49. The molecule has 0 bridgehead atoms. The number of piperazine rings is 1. The van der Waals surface area contributed by atoms with E-state index in [1.165, 1.54) is 6.33 Å². The van der Waals surface area contributed by atoms with Crippen molar-refractivity contribution < 1.29 is 19.0 Å². The van der Waals surface area contributed by atoms with Crippen molar-refractivity contribution in [1.82, 2.24) is 29.3 Å². The average molecular weight is 633 g/mol. The Hall–Kier alpha value is -3.89. The highest BCUT2D eigenvalue weighted by Gasteiger charge is 2.41. The molecule has 1 saturated heterocycles. The van der Waals surface area contributed by atoms with Gasteiger partial charge in [0.15, 0.2) is 11.2 Å². The molecule has 3 heterocycles. The molecule has 1 aliphatic heterocycles. The maximum Gasteiger partial charge on any atom is 0.410 e. The fourth-order valence-electron chi connectivity index (χ4n) is 5.51. The summed E-state index contributed by atoms with van der Waals surface area (Å²) < 4.78 is 20.0. The molecule has 0 unspecified atom stereocenters. The number of benzene rings is 2. The second-order valence-electron chi connectivity index (χ2n) is 13.2. The predicted octanol–water partition coefficient (Wildman–Crippen LogP) is 6.45. The van der Waals surface area contributed by atoms with E-state index < -0.39 is 5.60 Å². The quantitative estimate of drug-likeness (QED) is 0.208. The number of ether oxygens (including phenoxy) is 3. The van der Waals surface area contributed by atoms with Crippen LogP contribution in [-0.4, -0.2) is 85.4 Å². The highest BCUT2D eigenvalue weighted by molar-refractivity contribution is 6.33. The molecule has 2 fully saturated rings. The van der Waals surface area contributed by atoms with Gasteiger partial charge >= 0.3 is 6.09 Å². The molecule has 2 aromatic carbocycles. The van der Waals surface area contributed by atoms with Crippen LogP contribution in [-0.2, 0) is 11.3 Å². The molecule has 2 aromatic heterocycles. The molecular weight excluding hydrogens is 592 g/mol. The summed E-state index contributed by atoms with van der Waals surface area (Å²) in [6, 6.07) is 16.0. The number of fused-ring (bicyclic) bond motifs is 1. The lowest BCUT2D eigenvalue weighted by Gasteiger charge is -2.40. The topological polar surface area (TPSA) is 94.8 Å². The monoisotopic (exact) mass is 632 g/mol. The van der Waals surface area contributed by atoms with Gasteiger partial charge in [0.05, 0.1) is 11.6 Å². The fourth-order valence-corrected chi connectivity index (χ4v) is 5.77. The number of imidazole rings is 1. The molecule has 238 valence electrons. The van der Waals surface area contributed by atoms with Crippen LogP contribution >= 0.6 is 11.6 Å². The molecule has 2 aliphatic rings. The van der Waals surface area contributed by atoms with E-state index in [1.54, 1.807) is 4.90 Å². The van der Waals surface area contributed by atoms with Gasteiger partial charge in [0, 0.05) is 37.8 Å². The first-order valence-corrected chi connectivity index (χ1v) is 15.9. The van der Waals surface area contributed by atoms with Crippen LogP contribution in [0.1, 0.15) is 53.0 Å². The number of hydrogen-bond donors (Lipinski definition) is 0. The zero-order chi connectivity index (χ0) is 31.8. The summed E-state index contributed by atoms with van der Waals surface area (Å²) in [4.78, 5) is 30.7. The SMILES string of the molecule is C[C@H]1CN(CCOc2ccc(-c3nc4c(OC5(C)CC5)ncnc4n3Cc3ccccc3)c(Cl)c2)CCN1C(=O)OC(C)(C)C. The fraction of sp³-hybridized carbons (Fsp3) is 0.471. The summed E-state index contributed by atoms with van der Waals surface area (Å²) in [6.45, 7) is 13.7. The maximum atomic E-state index is 12.6. The van der Waals surface area contributed by atoms with Gasteiger partial charge in [-0.15, -0.1) is 0 Å². The largest absolute Gasteiger partial charge is 0.492 e. The number of amides is 1. The Morgan fingerprint density at radius 1 is 1.09 bits per heavy atom. The van der Waals surface area contributed by atoms with Crippen molar-refractivity contribution >= 4 is 28.9 Å². The van der Waals surface area contributed by atoms with Gasteiger partial charge in [0.25, 0.3) is 0 Å². The standard InChI is InChI=1S/C34H41ClN6O4/c1-23-20-39(15-16-40(23)32(42)45-33(2,3)4)17-18-43-25-11-12-26(27(35)19-25)29-38-28-30(41(29)21-24-9-7-6-8-10-24)36-22-37-31(28)44-34(5)13-14-34/h6-12,19,22-23H,13-18,20-21H2,1-5H3/t23-/m0/s1. The minimum Gasteiger partial charge on any atom is -0.492 e. The van der Waals surface area contributed by atoms with Crippen LogP contribution in [0, 0.1) is 0 Å². The number of carbonyl (C=O) groups is 1. The predicted molar refractivity (Wildman–Crippen MR) is 174 cm³/mol. The number of nitrogens with zero attached hydrogens (tertiary/aromatic N) is 6. The summed E-state index contributed by atoms with van der Waals surface area (Å²) in [7, 11) is 0. The zero-order valence-corrected chi connectivity index (χ0v) is 27.4. The Balaban J connectivity index is 1.16. The normalized spacial score (nSPS) is 18.2. The van der Waals surface area contributed by atoms with Crippen molar-refractivity contribution in [3.63, 3.8) is 0 Å². The van der Waals surface area contributed by atoms with Gasteiger partial charge in [-0.3, -0.25) is 4.90 Å². The summed E-state index contributed by atoms with van der Waals surface area (Å²) in [5.74, 6) is 1.86. The van der Waals surface area contributed by atoms with Gasteiger partial charge in [0.1, 0.15) is 35.7 Å². The number of carbonyl (C=O) groups excluding carboxylic acids is 1. The number of halogens is 1.